The summed E-state index contributed by atoms with van der Waals surface area (Å²) >= 11 is 0. The van der Waals surface area contributed by atoms with Crippen LogP contribution in [0.5, 0.6) is 11.5 Å². The molecule has 0 saturated heterocycles. The van der Waals surface area contributed by atoms with Crippen molar-refractivity contribution in [1.82, 2.24) is 9.97 Å². The first-order valence-electron chi connectivity index (χ1n) is 7.05. The number of nitrogens with zero attached hydrogens (tertiary/aromatic N) is 2. The number of hydrogen-bond acceptors (Lipinski definition) is 5. The third-order valence-electron chi connectivity index (χ3n) is 3.36. The van der Waals surface area contributed by atoms with E-state index in [9.17, 15) is 0 Å². The maximum absolute atomic E-state index is 5.79. The fourth-order valence-corrected chi connectivity index (χ4v) is 2.35. The van der Waals surface area contributed by atoms with Crippen LogP contribution < -0.4 is 15.2 Å². The van der Waals surface area contributed by atoms with Gasteiger partial charge in [0.05, 0.1) is 24.9 Å². The summed E-state index contributed by atoms with van der Waals surface area (Å²) in [6, 6.07) is 15.4. The van der Waals surface area contributed by atoms with E-state index in [0.29, 0.717) is 13.0 Å². The maximum atomic E-state index is 5.79. The fraction of sp³-hybridized carbons (Fsp3) is 0.176. The molecule has 1 aromatic heterocycles. The zero-order valence-corrected chi connectivity index (χ0v) is 12.3. The molecule has 0 radical (unpaired) electrons. The summed E-state index contributed by atoms with van der Waals surface area (Å²) in [6.45, 7) is 0.487. The molecule has 0 unspecified atom stereocenters. The predicted molar refractivity (Wildman–Crippen MR) is 86.1 cm³/mol. The van der Waals surface area contributed by atoms with Crippen molar-refractivity contribution in [3.05, 3.63) is 54.2 Å². The summed E-state index contributed by atoms with van der Waals surface area (Å²) in [6.07, 6.45) is 0.644. The number of nitrogens with two attached hydrogens (primary N) is 1. The molecule has 2 aromatic carbocycles. The quantitative estimate of drug-likeness (QED) is 0.783. The minimum Gasteiger partial charge on any atom is -0.493 e. The molecule has 0 aliphatic carbocycles. The number of hydrogen-bond donors (Lipinski definition) is 1. The number of para-hydroxylation sites is 3. The van der Waals surface area contributed by atoms with E-state index in [1.54, 1.807) is 7.11 Å². The van der Waals surface area contributed by atoms with E-state index in [1.165, 1.54) is 0 Å². The van der Waals surface area contributed by atoms with Crippen LogP contribution in [0.15, 0.2) is 48.5 Å². The smallest absolute Gasteiger partial charge is 0.220 e. The van der Waals surface area contributed by atoms with E-state index in [2.05, 4.69) is 9.97 Å². The summed E-state index contributed by atoms with van der Waals surface area (Å²) in [5.74, 6) is 1.72. The minimum absolute atomic E-state index is 0.283. The van der Waals surface area contributed by atoms with Gasteiger partial charge in [-0.05, 0) is 18.2 Å². The van der Waals surface area contributed by atoms with Crippen LogP contribution in [-0.2, 0) is 6.42 Å². The van der Waals surface area contributed by atoms with Crippen LogP contribution in [0.4, 0.5) is 5.95 Å². The van der Waals surface area contributed by atoms with Gasteiger partial charge in [-0.1, -0.05) is 30.3 Å². The molecular formula is C17H17N3O2. The second-order valence-corrected chi connectivity index (χ2v) is 4.79. The molecule has 0 spiro atoms. The molecule has 112 valence electrons. The maximum Gasteiger partial charge on any atom is 0.220 e. The first kappa shape index (κ1) is 14.1. The van der Waals surface area contributed by atoms with Gasteiger partial charge in [-0.25, -0.2) is 9.97 Å². The third-order valence-corrected chi connectivity index (χ3v) is 3.36. The SMILES string of the molecule is COc1ccccc1OCCc1nc(N)nc2ccccc12. The van der Waals surface area contributed by atoms with Gasteiger partial charge in [0.15, 0.2) is 11.5 Å². The van der Waals surface area contributed by atoms with E-state index in [4.69, 9.17) is 15.2 Å². The van der Waals surface area contributed by atoms with Crippen molar-refractivity contribution < 1.29 is 9.47 Å². The number of fused-ring (bicyclic) bond motifs is 1. The van der Waals surface area contributed by atoms with Crippen LogP contribution in [0.3, 0.4) is 0 Å². The van der Waals surface area contributed by atoms with Gasteiger partial charge in [-0.2, -0.15) is 0 Å². The lowest BCUT2D eigenvalue weighted by atomic mass is 10.1. The van der Waals surface area contributed by atoms with Crippen molar-refractivity contribution in [2.24, 2.45) is 0 Å². The van der Waals surface area contributed by atoms with Crippen molar-refractivity contribution in [2.45, 2.75) is 6.42 Å². The number of ether oxygens (including phenoxy) is 2. The molecule has 2 N–H and O–H groups in total. The second-order valence-electron chi connectivity index (χ2n) is 4.79. The molecule has 0 bridgehead atoms. The number of benzene rings is 2. The van der Waals surface area contributed by atoms with Crippen LogP contribution in [0.2, 0.25) is 0 Å². The normalized spacial score (nSPS) is 10.6. The van der Waals surface area contributed by atoms with Gasteiger partial charge >= 0.3 is 0 Å². The molecule has 0 aliphatic heterocycles. The molecule has 0 aliphatic rings. The van der Waals surface area contributed by atoms with E-state index in [1.807, 2.05) is 48.5 Å². The summed E-state index contributed by atoms with van der Waals surface area (Å²) < 4.78 is 11.1. The number of methoxy groups -OCH3 is 1. The van der Waals surface area contributed by atoms with Crippen molar-refractivity contribution in [3.63, 3.8) is 0 Å². The topological polar surface area (TPSA) is 70.3 Å². The van der Waals surface area contributed by atoms with E-state index >= 15 is 0 Å². The third kappa shape index (κ3) is 2.93. The first-order valence-corrected chi connectivity index (χ1v) is 7.05. The Balaban J connectivity index is 1.77. The van der Waals surface area contributed by atoms with Crippen LogP contribution in [-0.4, -0.2) is 23.7 Å². The summed E-state index contributed by atoms with van der Waals surface area (Å²) in [4.78, 5) is 8.57. The van der Waals surface area contributed by atoms with Gasteiger partial charge in [0.1, 0.15) is 0 Å². The van der Waals surface area contributed by atoms with E-state index in [-0.39, 0.29) is 5.95 Å². The van der Waals surface area contributed by atoms with E-state index in [0.717, 1.165) is 28.1 Å². The Labute approximate surface area is 128 Å². The van der Waals surface area contributed by atoms with Gasteiger partial charge in [-0.15, -0.1) is 0 Å². The Bertz CT molecular complexity index is 790. The number of anilines is 1. The zero-order chi connectivity index (χ0) is 15.4. The Morgan fingerprint density at radius 2 is 1.68 bits per heavy atom. The Morgan fingerprint density at radius 3 is 2.50 bits per heavy atom. The summed E-state index contributed by atoms with van der Waals surface area (Å²) in [5.41, 5.74) is 7.51. The number of nitrogen functional groups attached to an aromatic ring is 1. The van der Waals surface area contributed by atoms with Crippen LogP contribution >= 0.6 is 0 Å². The Hall–Kier alpha value is -2.82. The molecule has 0 atom stereocenters. The van der Waals surface area contributed by atoms with Crippen molar-refractivity contribution in [2.75, 3.05) is 19.5 Å². The highest BCUT2D eigenvalue weighted by atomic mass is 16.5. The average Bonchev–Trinajstić information content (AvgIpc) is 2.55. The molecule has 3 aromatic rings. The van der Waals surface area contributed by atoms with Crippen molar-refractivity contribution in [3.8, 4) is 11.5 Å². The first-order chi connectivity index (χ1) is 10.8. The molecule has 5 heteroatoms. The average molecular weight is 295 g/mol. The standard InChI is InChI=1S/C17H17N3O2/c1-21-15-8-4-5-9-16(15)22-11-10-14-12-6-2-3-7-13(12)19-17(18)20-14/h2-9H,10-11H2,1H3,(H2,18,19,20). The van der Waals surface area contributed by atoms with Gasteiger partial charge in [-0.3, -0.25) is 0 Å². The largest absolute Gasteiger partial charge is 0.493 e. The lowest BCUT2D eigenvalue weighted by Crippen LogP contribution is -2.07. The second kappa shape index (κ2) is 6.30. The monoisotopic (exact) mass is 295 g/mol. The van der Waals surface area contributed by atoms with Gasteiger partial charge in [0.2, 0.25) is 5.95 Å². The molecule has 0 saturated carbocycles. The van der Waals surface area contributed by atoms with Crippen LogP contribution in [0.1, 0.15) is 5.69 Å². The van der Waals surface area contributed by atoms with Crippen molar-refractivity contribution >= 4 is 16.9 Å². The molecule has 5 nitrogen and oxygen atoms in total. The van der Waals surface area contributed by atoms with Crippen molar-refractivity contribution in [1.29, 1.82) is 0 Å². The number of rotatable bonds is 5. The minimum atomic E-state index is 0.283. The fourth-order valence-electron chi connectivity index (χ4n) is 2.35. The lowest BCUT2D eigenvalue weighted by molar-refractivity contribution is 0.297. The molecule has 1 heterocycles. The highest BCUT2D eigenvalue weighted by Crippen LogP contribution is 2.26. The van der Waals surface area contributed by atoms with Crippen LogP contribution in [0, 0.1) is 0 Å². The van der Waals surface area contributed by atoms with Crippen LogP contribution in [0.25, 0.3) is 10.9 Å². The Kier molecular flexibility index (Phi) is 4.05. The highest BCUT2D eigenvalue weighted by molar-refractivity contribution is 5.81. The van der Waals surface area contributed by atoms with Gasteiger partial charge in [0.25, 0.3) is 0 Å². The van der Waals surface area contributed by atoms with Gasteiger partial charge < -0.3 is 15.2 Å². The molecule has 3 rings (SSSR count). The molecule has 22 heavy (non-hydrogen) atoms. The molecular weight excluding hydrogens is 278 g/mol. The lowest BCUT2D eigenvalue weighted by Gasteiger charge is -2.11. The Morgan fingerprint density at radius 1 is 0.955 bits per heavy atom. The molecule has 0 amide bonds. The number of aromatic nitrogens is 2. The van der Waals surface area contributed by atoms with Gasteiger partial charge in [0, 0.05) is 11.8 Å². The summed E-state index contributed by atoms with van der Waals surface area (Å²) in [5, 5.41) is 1.00. The molecule has 0 fully saturated rings. The van der Waals surface area contributed by atoms with E-state index < -0.39 is 0 Å². The predicted octanol–water partition coefficient (Wildman–Crippen LogP) is 2.84. The summed E-state index contributed by atoms with van der Waals surface area (Å²) in [7, 11) is 1.63. The highest BCUT2D eigenvalue weighted by Gasteiger charge is 2.07. The zero-order valence-electron chi connectivity index (χ0n) is 12.3.